The molecule has 1 N–H and O–H groups in total. The smallest absolute Gasteiger partial charge is 0.224 e. The monoisotopic (exact) mass is 376 g/mol. The lowest BCUT2D eigenvalue weighted by Gasteiger charge is -2.44. The van der Waals surface area contributed by atoms with Crippen molar-refractivity contribution in [2.45, 2.75) is 44.6 Å². The largest absolute Gasteiger partial charge is 0.326 e. The molecule has 0 unspecified atom stereocenters. The Bertz CT molecular complexity index is 814. The SMILES string of the molecule is O=C(C[C@H]1CCCN2CCCC[C@H]12)Nc1ccc(C(=O)c2ccccc2)cc1. The molecule has 2 fully saturated rings. The Kier molecular flexibility index (Phi) is 5.87. The molecule has 146 valence electrons. The summed E-state index contributed by atoms with van der Waals surface area (Å²) >= 11 is 0. The van der Waals surface area contributed by atoms with Gasteiger partial charge in [0.05, 0.1) is 0 Å². The molecule has 4 nitrogen and oxygen atoms in total. The normalized spacial score (nSPS) is 22.3. The molecule has 28 heavy (non-hydrogen) atoms. The van der Waals surface area contributed by atoms with Crippen LogP contribution in [0.25, 0.3) is 0 Å². The van der Waals surface area contributed by atoms with Gasteiger partial charge in [-0.2, -0.15) is 0 Å². The van der Waals surface area contributed by atoms with Gasteiger partial charge >= 0.3 is 0 Å². The average Bonchev–Trinajstić information content (AvgIpc) is 2.75. The fourth-order valence-corrected chi connectivity index (χ4v) is 4.73. The lowest BCUT2D eigenvalue weighted by Crippen LogP contribution is -2.48. The van der Waals surface area contributed by atoms with Gasteiger partial charge in [0.2, 0.25) is 5.91 Å². The summed E-state index contributed by atoms with van der Waals surface area (Å²) in [6.07, 6.45) is 6.75. The zero-order valence-electron chi connectivity index (χ0n) is 16.3. The fraction of sp³-hybridized carbons (Fsp3) is 0.417. The second-order valence-electron chi connectivity index (χ2n) is 8.03. The predicted molar refractivity (Wildman–Crippen MR) is 111 cm³/mol. The lowest BCUT2D eigenvalue weighted by molar-refractivity contribution is -0.118. The van der Waals surface area contributed by atoms with Gasteiger partial charge in [-0.25, -0.2) is 0 Å². The van der Waals surface area contributed by atoms with Gasteiger partial charge in [-0.1, -0.05) is 36.8 Å². The van der Waals surface area contributed by atoms with Crippen molar-refractivity contribution in [3.8, 4) is 0 Å². The van der Waals surface area contributed by atoms with E-state index in [4.69, 9.17) is 0 Å². The molecule has 2 heterocycles. The maximum absolute atomic E-state index is 12.6. The van der Waals surface area contributed by atoms with Crippen LogP contribution >= 0.6 is 0 Å². The number of carbonyl (C=O) groups excluding carboxylic acids is 2. The van der Waals surface area contributed by atoms with Gasteiger partial charge in [0.15, 0.2) is 5.78 Å². The molecule has 2 aliphatic heterocycles. The summed E-state index contributed by atoms with van der Waals surface area (Å²) in [7, 11) is 0. The summed E-state index contributed by atoms with van der Waals surface area (Å²) in [4.78, 5) is 27.7. The van der Waals surface area contributed by atoms with Crippen LogP contribution in [0.15, 0.2) is 54.6 Å². The Morgan fingerprint density at radius 2 is 1.57 bits per heavy atom. The van der Waals surface area contributed by atoms with Gasteiger partial charge in [0.1, 0.15) is 0 Å². The lowest BCUT2D eigenvalue weighted by atomic mass is 9.81. The van der Waals surface area contributed by atoms with E-state index in [1.807, 2.05) is 42.5 Å². The molecule has 2 aromatic carbocycles. The number of hydrogen-bond donors (Lipinski definition) is 1. The van der Waals surface area contributed by atoms with E-state index in [0.29, 0.717) is 29.5 Å². The third-order valence-corrected chi connectivity index (χ3v) is 6.14. The van der Waals surface area contributed by atoms with Crippen molar-refractivity contribution in [1.82, 2.24) is 4.90 Å². The number of benzene rings is 2. The first-order chi connectivity index (χ1) is 13.7. The van der Waals surface area contributed by atoms with Crippen molar-refractivity contribution in [3.05, 3.63) is 65.7 Å². The highest BCUT2D eigenvalue weighted by atomic mass is 16.1. The van der Waals surface area contributed by atoms with Crippen LogP contribution in [0.4, 0.5) is 5.69 Å². The highest BCUT2D eigenvalue weighted by molar-refractivity contribution is 6.09. The third-order valence-electron chi connectivity index (χ3n) is 6.14. The minimum atomic E-state index is -0.00179. The Balaban J connectivity index is 1.35. The van der Waals surface area contributed by atoms with Gasteiger partial charge < -0.3 is 10.2 Å². The van der Waals surface area contributed by atoms with Crippen LogP contribution in [0.5, 0.6) is 0 Å². The van der Waals surface area contributed by atoms with E-state index in [-0.39, 0.29) is 11.7 Å². The number of hydrogen-bond acceptors (Lipinski definition) is 3. The molecule has 0 aromatic heterocycles. The topological polar surface area (TPSA) is 49.4 Å². The van der Waals surface area contributed by atoms with Crippen LogP contribution in [0.3, 0.4) is 0 Å². The van der Waals surface area contributed by atoms with Gasteiger partial charge in [-0.05, 0) is 69.0 Å². The van der Waals surface area contributed by atoms with Crippen LogP contribution < -0.4 is 5.32 Å². The summed E-state index contributed by atoms with van der Waals surface area (Å²) in [6.45, 7) is 2.39. The van der Waals surface area contributed by atoms with Crippen LogP contribution in [-0.4, -0.2) is 35.7 Å². The Hall–Kier alpha value is -2.46. The Morgan fingerprint density at radius 3 is 2.36 bits per heavy atom. The molecule has 2 saturated heterocycles. The molecule has 0 radical (unpaired) electrons. The van der Waals surface area contributed by atoms with Crippen LogP contribution in [0.1, 0.15) is 54.4 Å². The summed E-state index contributed by atoms with van der Waals surface area (Å²) in [5.74, 6) is 0.547. The molecule has 4 rings (SSSR count). The number of fused-ring (bicyclic) bond motifs is 1. The molecule has 0 aliphatic carbocycles. The predicted octanol–water partition coefficient (Wildman–Crippen LogP) is 4.51. The van der Waals surface area contributed by atoms with Crippen molar-refractivity contribution in [3.63, 3.8) is 0 Å². The van der Waals surface area contributed by atoms with Crippen molar-refractivity contribution >= 4 is 17.4 Å². The number of ketones is 1. The molecule has 0 bridgehead atoms. The molecule has 4 heteroatoms. The van der Waals surface area contributed by atoms with E-state index in [1.165, 1.54) is 38.8 Å². The number of piperidine rings is 2. The number of nitrogens with one attached hydrogen (secondary N) is 1. The molecule has 0 saturated carbocycles. The van der Waals surface area contributed by atoms with Crippen molar-refractivity contribution in [1.29, 1.82) is 0 Å². The standard InChI is InChI=1S/C24H28N2O2/c27-23(17-20-9-6-16-26-15-5-4-10-22(20)26)25-21-13-11-19(12-14-21)24(28)18-7-2-1-3-8-18/h1-3,7-8,11-14,20,22H,4-6,9-10,15-17H2,(H,25,27)/t20-,22-/m1/s1. The molecule has 2 aliphatic rings. The van der Waals surface area contributed by atoms with E-state index >= 15 is 0 Å². The second kappa shape index (κ2) is 8.70. The maximum Gasteiger partial charge on any atom is 0.224 e. The first-order valence-electron chi connectivity index (χ1n) is 10.4. The highest BCUT2D eigenvalue weighted by Crippen LogP contribution is 2.33. The van der Waals surface area contributed by atoms with E-state index in [9.17, 15) is 9.59 Å². The maximum atomic E-state index is 12.6. The number of rotatable bonds is 5. The zero-order chi connectivity index (χ0) is 19.3. The number of carbonyl (C=O) groups is 2. The van der Waals surface area contributed by atoms with Gasteiger partial charge in [-0.15, -0.1) is 0 Å². The molecule has 0 spiro atoms. The number of amides is 1. The van der Waals surface area contributed by atoms with Gasteiger partial charge in [-0.3, -0.25) is 9.59 Å². The van der Waals surface area contributed by atoms with Crippen molar-refractivity contribution in [2.75, 3.05) is 18.4 Å². The molecule has 2 atom stereocenters. The number of anilines is 1. The molecule has 2 aromatic rings. The first kappa shape index (κ1) is 18.9. The van der Waals surface area contributed by atoms with Crippen molar-refractivity contribution < 1.29 is 9.59 Å². The molecule has 1 amide bonds. The third kappa shape index (κ3) is 4.33. The summed E-state index contributed by atoms with van der Waals surface area (Å²) in [5.41, 5.74) is 2.06. The Labute approximate surface area is 166 Å². The Morgan fingerprint density at radius 1 is 0.857 bits per heavy atom. The van der Waals surface area contributed by atoms with E-state index in [2.05, 4.69) is 10.2 Å². The summed E-state index contributed by atoms with van der Waals surface area (Å²) in [6, 6.07) is 17.1. The first-order valence-corrected chi connectivity index (χ1v) is 10.4. The quantitative estimate of drug-likeness (QED) is 0.781. The van der Waals surface area contributed by atoms with Crippen LogP contribution in [-0.2, 0) is 4.79 Å². The van der Waals surface area contributed by atoms with E-state index < -0.39 is 0 Å². The zero-order valence-corrected chi connectivity index (χ0v) is 16.3. The summed E-state index contributed by atoms with van der Waals surface area (Å²) in [5, 5.41) is 3.02. The molecular formula is C24H28N2O2. The van der Waals surface area contributed by atoms with Crippen LogP contribution in [0, 0.1) is 5.92 Å². The van der Waals surface area contributed by atoms with Gasteiger partial charge in [0.25, 0.3) is 0 Å². The highest BCUT2D eigenvalue weighted by Gasteiger charge is 2.33. The fourth-order valence-electron chi connectivity index (χ4n) is 4.73. The second-order valence-corrected chi connectivity index (χ2v) is 8.03. The number of nitrogens with zero attached hydrogens (tertiary/aromatic N) is 1. The molecular weight excluding hydrogens is 348 g/mol. The summed E-state index contributed by atoms with van der Waals surface area (Å²) < 4.78 is 0. The average molecular weight is 377 g/mol. The van der Waals surface area contributed by atoms with E-state index in [1.54, 1.807) is 12.1 Å². The minimum absolute atomic E-state index is 0.00179. The van der Waals surface area contributed by atoms with Crippen molar-refractivity contribution in [2.24, 2.45) is 5.92 Å². The van der Waals surface area contributed by atoms with Crippen LogP contribution in [0.2, 0.25) is 0 Å². The van der Waals surface area contributed by atoms with E-state index in [0.717, 1.165) is 12.1 Å². The van der Waals surface area contributed by atoms with Gasteiger partial charge in [0, 0.05) is 29.3 Å². The minimum Gasteiger partial charge on any atom is -0.326 e.